The van der Waals surface area contributed by atoms with Gasteiger partial charge in [0.05, 0.1) is 21.2 Å². The van der Waals surface area contributed by atoms with Crippen molar-refractivity contribution >= 4 is 33.4 Å². The van der Waals surface area contributed by atoms with Gasteiger partial charge < -0.3 is 4.90 Å². The van der Waals surface area contributed by atoms with Crippen molar-refractivity contribution in [1.29, 1.82) is 0 Å². The van der Waals surface area contributed by atoms with Gasteiger partial charge in [0.1, 0.15) is 0 Å². The van der Waals surface area contributed by atoms with Crippen LogP contribution in [0.3, 0.4) is 0 Å². The average Bonchev–Trinajstić information content (AvgIpc) is 3.09. The number of hydrogen-bond donors (Lipinski definition) is 1. The standard InChI is InChI=1S/C17H16F3N3O3S2/c1-21-28(25,26)13-3-4-14-11(8-13)6-7-23(14)16(24)10-27-15-5-2-12(9-22-15)17(18,19)20/h2-5,8-9,21H,6-7,10H2,1H3. The summed E-state index contributed by atoms with van der Waals surface area (Å²) < 4.78 is 63.7. The highest BCUT2D eigenvalue weighted by molar-refractivity contribution is 7.99. The van der Waals surface area contributed by atoms with Crippen molar-refractivity contribution in [2.75, 3.05) is 24.2 Å². The first-order valence-corrected chi connectivity index (χ1v) is 10.6. The summed E-state index contributed by atoms with van der Waals surface area (Å²) in [5.74, 6) is -0.219. The number of halogens is 3. The highest BCUT2D eigenvalue weighted by atomic mass is 32.2. The predicted octanol–water partition coefficient (Wildman–Crippen LogP) is 2.69. The molecule has 0 fully saturated rings. The lowest BCUT2D eigenvalue weighted by Crippen LogP contribution is -2.30. The molecule has 1 aliphatic heterocycles. The van der Waals surface area contributed by atoms with Crippen LogP contribution in [0, 0.1) is 0 Å². The summed E-state index contributed by atoms with van der Waals surface area (Å²) in [5, 5.41) is 0.316. The van der Waals surface area contributed by atoms with Crippen molar-refractivity contribution in [2.24, 2.45) is 0 Å². The fourth-order valence-corrected chi connectivity index (χ4v) is 4.27. The number of anilines is 1. The van der Waals surface area contributed by atoms with E-state index in [-0.39, 0.29) is 16.6 Å². The van der Waals surface area contributed by atoms with Crippen LogP contribution in [0.4, 0.5) is 18.9 Å². The molecule has 0 atom stereocenters. The fraction of sp³-hybridized carbons (Fsp3) is 0.294. The van der Waals surface area contributed by atoms with Crippen LogP contribution >= 0.6 is 11.8 Å². The molecule has 0 spiro atoms. The van der Waals surface area contributed by atoms with Gasteiger partial charge in [-0.1, -0.05) is 11.8 Å². The molecule has 2 heterocycles. The molecule has 2 aromatic rings. The third-order valence-corrected chi connectivity index (χ3v) is 6.57. The van der Waals surface area contributed by atoms with Crippen LogP contribution in [-0.2, 0) is 27.4 Å². The molecule has 0 bridgehead atoms. The van der Waals surface area contributed by atoms with E-state index in [0.29, 0.717) is 23.7 Å². The molecule has 1 N–H and O–H groups in total. The van der Waals surface area contributed by atoms with Gasteiger partial charge in [0.25, 0.3) is 0 Å². The minimum absolute atomic E-state index is 0.00830. The Morgan fingerprint density at radius 2 is 2.04 bits per heavy atom. The van der Waals surface area contributed by atoms with E-state index < -0.39 is 21.8 Å². The molecular weight excluding hydrogens is 415 g/mol. The first-order valence-electron chi connectivity index (χ1n) is 8.15. The van der Waals surface area contributed by atoms with Crippen molar-refractivity contribution in [1.82, 2.24) is 9.71 Å². The number of amides is 1. The molecule has 1 aromatic carbocycles. The van der Waals surface area contributed by atoms with E-state index in [0.717, 1.165) is 29.6 Å². The van der Waals surface area contributed by atoms with Gasteiger partial charge in [-0.15, -0.1) is 0 Å². The van der Waals surface area contributed by atoms with Gasteiger partial charge in [0, 0.05) is 18.4 Å². The van der Waals surface area contributed by atoms with Gasteiger partial charge in [-0.25, -0.2) is 18.1 Å². The maximum atomic E-state index is 12.6. The van der Waals surface area contributed by atoms with Crippen LogP contribution in [0.1, 0.15) is 11.1 Å². The average molecular weight is 431 g/mol. The van der Waals surface area contributed by atoms with Gasteiger partial charge in [-0.3, -0.25) is 4.79 Å². The molecule has 0 saturated heterocycles. The number of hydrogen-bond acceptors (Lipinski definition) is 5. The normalized spacial score (nSPS) is 14.2. The van der Waals surface area contributed by atoms with Crippen LogP contribution in [0.15, 0.2) is 46.5 Å². The monoisotopic (exact) mass is 431 g/mol. The highest BCUT2D eigenvalue weighted by Gasteiger charge is 2.31. The first kappa shape index (κ1) is 20.6. The van der Waals surface area contributed by atoms with Gasteiger partial charge in [-0.05, 0) is 49.4 Å². The van der Waals surface area contributed by atoms with Crippen LogP contribution in [0.2, 0.25) is 0 Å². The Balaban J connectivity index is 1.67. The summed E-state index contributed by atoms with van der Waals surface area (Å²) in [6, 6.07) is 6.72. The van der Waals surface area contributed by atoms with Crippen LogP contribution < -0.4 is 9.62 Å². The second kappa shape index (κ2) is 7.72. The van der Waals surface area contributed by atoms with E-state index in [1.54, 1.807) is 17.0 Å². The quantitative estimate of drug-likeness (QED) is 0.737. The number of alkyl halides is 3. The van der Waals surface area contributed by atoms with Crippen LogP contribution in [0.5, 0.6) is 0 Å². The molecule has 0 saturated carbocycles. The summed E-state index contributed by atoms with van der Waals surface area (Å²) in [4.78, 5) is 17.9. The SMILES string of the molecule is CNS(=O)(=O)c1ccc2c(c1)CCN2C(=O)CSc1ccc(C(F)(F)F)cn1. The molecule has 0 aliphatic carbocycles. The largest absolute Gasteiger partial charge is 0.417 e. The van der Waals surface area contributed by atoms with Crippen molar-refractivity contribution in [3.05, 3.63) is 47.7 Å². The van der Waals surface area contributed by atoms with Crippen molar-refractivity contribution in [2.45, 2.75) is 22.5 Å². The number of carbonyl (C=O) groups excluding carboxylic acids is 1. The summed E-state index contributed by atoms with van der Waals surface area (Å²) >= 11 is 1.04. The number of fused-ring (bicyclic) bond motifs is 1. The molecule has 1 amide bonds. The Hall–Kier alpha value is -2.11. The number of benzene rings is 1. The smallest absolute Gasteiger partial charge is 0.311 e. The van der Waals surface area contributed by atoms with Crippen molar-refractivity contribution in [3.63, 3.8) is 0 Å². The number of nitrogens with one attached hydrogen (secondary N) is 1. The number of aromatic nitrogens is 1. The second-order valence-corrected chi connectivity index (χ2v) is 8.85. The maximum absolute atomic E-state index is 12.6. The Morgan fingerprint density at radius 1 is 1.29 bits per heavy atom. The van der Waals surface area contributed by atoms with Crippen LogP contribution in [0.25, 0.3) is 0 Å². The zero-order valence-electron chi connectivity index (χ0n) is 14.7. The van der Waals surface area contributed by atoms with E-state index in [1.807, 2.05) is 0 Å². The van der Waals surface area contributed by atoms with Crippen molar-refractivity contribution < 1.29 is 26.4 Å². The zero-order chi connectivity index (χ0) is 20.5. The summed E-state index contributed by atoms with van der Waals surface area (Å²) in [7, 11) is -2.24. The van der Waals surface area contributed by atoms with E-state index in [4.69, 9.17) is 0 Å². The molecule has 3 rings (SSSR count). The summed E-state index contributed by atoms with van der Waals surface area (Å²) in [6.07, 6.45) is -3.19. The molecule has 28 heavy (non-hydrogen) atoms. The fourth-order valence-electron chi connectivity index (χ4n) is 2.77. The van der Waals surface area contributed by atoms with Gasteiger partial charge in [0.2, 0.25) is 15.9 Å². The minimum atomic E-state index is -4.45. The van der Waals surface area contributed by atoms with E-state index in [2.05, 4.69) is 9.71 Å². The molecule has 0 unspecified atom stereocenters. The summed E-state index contributed by atoms with van der Waals surface area (Å²) in [6.45, 7) is 0.415. The lowest BCUT2D eigenvalue weighted by atomic mass is 10.2. The van der Waals surface area contributed by atoms with E-state index in [9.17, 15) is 26.4 Å². The number of nitrogens with zero attached hydrogens (tertiary/aromatic N) is 2. The lowest BCUT2D eigenvalue weighted by molar-refractivity contribution is -0.137. The topological polar surface area (TPSA) is 79.4 Å². The Labute approximate surface area is 164 Å². The van der Waals surface area contributed by atoms with E-state index in [1.165, 1.54) is 19.2 Å². The molecule has 1 aliphatic rings. The molecule has 1 aromatic heterocycles. The number of sulfonamides is 1. The van der Waals surface area contributed by atoms with Gasteiger partial charge in [-0.2, -0.15) is 13.2 Å². The Morgan fingerprint density at radius 3 is 2.64 bits per heavy atom. The van der Waals surface area contributed by atoms with Gasteiger partial charge in [0.15, 0.2) is 0 Å². The number of thioether (sulfide) groups is 1. The second-order valence-electron chi connectivity index (χ2n) is 5.97. The van der Waals surface area contributed by atoms with Gasteiger partial charge >= 0.3 is 6.18 Å². The Kier molecular flexibility index (Phi) is 5.69. The number of rotatable bonds is 5. The summed E-state index contributed by atoms with van der Waals surface area (Å²) in [5.41, 5.74) is 0.548. The molecule has 0 radical (unpaired) electrons. The predicted molar refractivity (Wildman–Crippen MR) is 98.7 cm³/mol. The maximum Gasteiger partial charge on any atom is 0.417 e. The number of carbonyl (C=O) groups is 1. The Bertz CT molecular complexity index is 993. The molecule has 11 heteroatoms. The van der Waals surface area contributed by atoms with E-state index >= 15 is 0 Å². The molecular formula is C17H16F3N3O3S2. The van der Waals surface area contributed by atoms with Crippen molar-refractivity contribution in [3.8, 4) is 0 Å². The number of pyridine rings is 1. The third kappa shape index (κ3) is 4.31. The molecule has 150 valence electrons. The molecule has 6 nitrogen and oxygen atoms in total. The lowest BCUT2D eigenvalue weighted by Gasteiger charge is -2.17. The first-order chi connectivity index (χ1) is 13.1. The zero-order valence-corrected chi connectivity index (χ0v) is 16.3. The minimum Gasteiger partial charge on any atom is -0.311 e. The third-order valence-electron chi connectivity index (χ3n) is 4.23. The highest BCUT2D eigenvalue weighted by Crippen LogP contribution is 2.32. The van der Waals surface area contributed by atoms with Crippen LogP contribution in [-0.4, -0.2) is 38.7 Å².